The summed E-state index contributed by atoms with van der Waals surface area (Å²) in [6, 6.07) is 1.72. The van der Waals surface area contributed by atoms with E-state index >= 15 is 0 Å². The van der Waals surface area contributed by atoms with E-state index in [4.69, 9.17) is 17.2 Å². The fourth-order valence-electron chi connectivity index (χ4n) is 1.34. The van der Waals surface area contributed by atoms with Crippen LogP contribution in [0.15, 0.2) is 42.8 Å². The molecule has 2 aliphatic rings. The van der Waals surface area contributed by atoms with Crippen LogP contribution in [0.1, 0.15) is 0 Å². The highest BCUT2D eigenvalue weighted by molar-refractivity contribution is 6.13. The van der Waals surface area contributed by atoms with Gasteiger partial charge in [-0.25, -0.2) is 0 Å². The van der Waals surface area contributed by atoms with Gasteiger partial charge < -0.3 is 17.2 Å². The fourth-order valence-corrected chi connectivity index (χ4v) is 1.34. The van der Waals surface area contributed by atoms with Crippen LogP contribution in [0.3, 0.4) is 0 Å². The quantitative estimate of drug-likeness (QED) is 0.274. The largest absolute Gasteiger partial charge is 0.368 e. The smallest absolute Gasteiger partial charge is 0.250 e. The number of nitrogens with zero attached hydrogens (tertiary/aromatic N) is 6. The molecule has 15 heteroatoms. The number of hydrogen-bond acceptors (Lipinski definition) is 13. The lowest BCUT2D eigenvalue weighted by molar-refractivity contribution is -0.125. The van der Waals surface area contributed by atoms with E-state index in [0.29, 0.717) is 0 Å². The summed E-state index contributed by atoms with van der Waals surface area (Å²) in [6.45, 7) is 0. The van der Waals surface area contributed by atoms with Crippen LogP contribution in [0.25, 0.3) is 0 Å². The van der Waals surface area contributed by atoms with E-state index in [0.717, 1.165) is 0 Å². The van der Waals surface area contributed by atoms with Crippen LogP contribution < -0.4 is 27.8 Å². The zero-order chi connectivity index (χ0) is 21.6. The lowest BCUT2D eigenvalue weighted by Crippen LogP contribution is -2.19. The Kier molecular flexibility index (Phi) is 8.99. The minimum absolute atomic E-state index is 0.0417. The van der Waals surface area contributed by atoms with Crippen molar-refractivity contribution in [2.75, 3.05) is 17.2 Å². The number of imide groups is 2. The molecule has 4 heterocycles. The van der Waals surface area contributed by atoms with Gasteiger partial charge in [-0.2, -0.15) is 15.0 Å². The molecular weight excluding hydrogens is 386 g/mol. The number of nitrogen functional groups attached to an aromatic ring is 3. The van der Waals surface area contributed by atoms with Gasteiger partial charge in [-0.3, -0.25) is 29.8 Å². The van der Waals surface area contributed by atoms with Gasteiger partial charge in [0.2, 0.25) is 17.8 Å². The first-order valence-electron chi connectivity index (χ1n) is 7.43. The molecule has 15 nitrogen and oxygen atoms in total. The van der Waals surface area contributed by atoms with Crippen LogP contribution in [0.2, 0.25) is 0 Å². The normalized spacial score (nSPS) is 13.1. The lowest BCUT2D eigenvalue weighted by Gasteiger charge is -1.93. The molecule has 0 unspecified atom stereocenters. The molecule has 4 amide bonds. The fraction of sp³-hybridized carbons (Fsp3) is 0. The molecule has 0 saturated heterocycles. The molecule has 2 aliphatic heterocycles. The number of nitrogens with one attached hydrogen (secondary N) is 2. The van der Waals surface area contributed by atoms with Gasteiger partial charge in [0.05, 0.1) is 12.4 Å². The summed E-state index contributed by atoms with van der Waals surface area (Å²) in [5, 5.41) is 14.2. The summed E-state index contributed by atoms with van der Waals surface area (Å²) in [7, 11) is 0. The molecule has 29 heavy (non-hydrogen) atoms. The van der Waals surface area contributed by atoms with Crippen LogP contribution in [0.4, 0.5) is 17.8 Å². The van der Waals surface area contributed by atoms with E-state index in [-0.39, 0.29) is 41.5 Å². The van der Waals surface area contributed by atoms with Crippen LogP contribution in [0, 0.1) is 0 Å². The average molecular weight is 401 g/mol. The lowest BCUT2D eigenvalue weighted by atomic mass is 10.6. The zero-order valence-electron chi connectivity index (χ0n) is 14.6. The molecule has 2 aromatic heterocycles. The third-order valence-corrected chi connectivity index (χ3v) is 2.36. The Hall–Kier alpha value is -4.82. The Morgan fingerprint density at radius 1 is 0.586 bits per heavy atom. The first-order chi connectivity index (χ1) is 13.8. The van der Waals surface area contributed by atoms with Gasteiger partial charge in [0.15, 0.2) is 0 Å². The topological polar surface area (TPSA) is 248 Å². The Morgan fingerprint density at radius 2 is 0.897 bits per heavy atom. The van der Waals surface area contributed by atoms with Crippen molar-refractivity contribution in [3.05, 3.63) is 42.8 Å². The van der Waals surface area contributed by atoms with Crippen molar-refractivity contribution >= 4 is 41.5 Å². The maximum Gasteiger partial charge on any atom is 0.250 e. The Balaban J connectivity index is 0.000000195. The second kappa shape index (κ2) is 11.7. The van der Waals surface area contributed by atoms with Gasteiger partial charge >= 0.3 is 0 Å². The van der Waals surface area contributed by atoms with Gasteiger partial charge in [0.1, 0.15) is 0 Å². The Morgan fingerprint density at radius 3 is 1.03 bits per heavy atom. The van der Waals surface area contributed by atoms with Gasteiger partial charge in [-0.05, 0) is 11.3 Å². The predicted octanol–water partition coefficient (Wildman–Crippen LogP) is -3.11. The summed E-state index contributed by atoms with van der Waals surface area (Å²) in [5.41, 5.74) is 15.4. The maximum absolute atomic E-state index is 10.0. The zero-order valence-corrected chi connectivity index (χ0v) is 14.6. The van der Waals surface area contributed by atoms with Gasteiger partial charge in [0, 0.05) is 24.3 Å². The highest BCUT2D eigenvalue weighted by Crippen LogP contribution is 1.97. The van der Waals surface area contributed by atoms with E-state index in [2.05, 4.69) is 30.4 Å². The highest BCUT2D eigenvalue weighted by Gasteiger charge is 2.07. The number of hydrogen-bond donors (Lipinski definition) is 5. The molecule has 0 atom stereocenters. The van der Waals surface area contributed by atoms with Crippen molar-refractivity contribution in [1.29, 1.82) is 0 Å². The summed E-state index contributed by atoms with van der Waals surface area (Å²) in [6.07, 6.45) is 7.94. The second-order valence-electron chi connectivity index (χ2n) is 4.59. The SMILES string of the molecule is Nc1nc(N)nc(N)n1.O=C1C=CC(=O)N1.O=C1C=CC(=O)N1.c1cnnnc1. The molecule has 0 bridgehead atoms. The standard InChI is InChI=1S/2C4H3NO2.C3H6N6.C3H3N3/c2*6-3-1-2-4(7)5-3;4-1-7-2(5)9-3(6)8-1;1-2-4-6-5-3-1/h2*1-2H,(H,5,6,7);(H6,4,5,6,7,8,9);1-3H. The van der Waals surface area contributed by atoms with Gasteiger partial charge in [0.25, 0.3) is 23.6 Å². The first kappa shape index (κ1) is 22.2. The molecule has 4 rings (SSSR count). The predicted molar refractivity (Wildman–Crippen MR) is 97.5 cm³/mol. The van der Waals surface area contributed by atoms with E-state index in [9.17, 15) is 19.2 Å². The molecule has 0 radical (unpaired) electrons. The maximum atomic E-state index is 10.0. The summed E-state index contributed by atoms with van der Waals surface area (Å²) in [4.78, 5) is 50.6. The molecular formula is C14H15N11O4. The van der Waals surface area contributed by atoms with E-state index in [1.54, 1.807) is 18.5 Å². The van der Waals surface area contributed by atoms with Crippen LogP contribution in [-0.2, 0) is 19.2 Å². The third-order valence-electron chi connectivity index (χ3n) is 2.36. The van der Waals surface area contributed by atoms with E-state index in [1.165, 1.54) is 24.3 Å². The molecule has 2 aromatic rings. The summed E-state index contributed by atoms with van der Waals surface area (Å²) < 4.78 is 0. The molecule has 0 saturated carbocycles. The minimum Gasteiger partial charge on any atom is -0.368 e. The summed E-state index contributed by atoms with van der Waals surface area (Å²) >= 11 is 0. The van der Waals surface area contributed by atoms with Crippen molar-refractivity contribution in [1.82, 2.24) is 41.0 Å². The number of anilines is 3. The van der Waals surface area contributed by atoms with Crippen molar-refractivity contribution in [2.24, 2.45) is 0 Å². The van der Waals surface area contributed by atoms with Crippen molar-refractivity contribution in [3.63, 3.8) is 0 Å². The van der Waals surface area contributed by atoms with Crippen molar-refractivity contribution in [2.45, 2.75) is 0 Å². The number of carbonyl (C=O) groups excluding carboxylic acids is 4. The second-order valence-corrected chi connectivity index (χ2v) is 4.59. The van der Waals surface area contributed by atoms with Gasteiger partial charge in [-0.15, -0.1) is 10.2 Å². The Labute approximate surface area is 162 Å². The van der Waals surface area contributed by atoms with E-state index in [1.807, 2.05) is 10.6 Å². The number of carbonyl (C=O) groups is 4. The number of amides is 4. The molecule has 0 aliphatic carbocycles. The third kappa shape index (κ3) is 10.7. The highest BCUT2D eigenvalue weighted by atomic mass is 16.2. The van der Waals surface area contributed by atoms with Crippen molar-refractivity contribution < 1.29 is 19.2 Å². The minimum atomic E-state index is -0.329. The molecule has 0 fully saturated rings. The molecule has 0 spiro atoms. The summed E-state index contributed by atoms with van der Waals surface area (Å²) in [5.74, 6) is -1.19. The van der Waals surface area contributed by atoms with Gasteiger partial charge in [-0.1, -0.05) is 0 Å². The van der Waals surface area contributed by atoms with Crippen molar-refractivity contribution in [3.8, 4) is 0 Å². The molecule has 8 N–H and O–H groups in total. The van der Waals surface area contributed by atoms with E-state index < -0.39 is 0 Å². The number of rotatable bonds is 0. The average Bonchev–Trinajstić information content (AvgIpc) is 3.23. The van der Waals surface area contributed by atoms with Crippen LogP contribution in [0.5, 0.6) is 0 Å². The first-order valence-corrected chi connectivity index (χ1v) is 7.43. The van der Waals surface area contributed by atoms with Crippen LogP contribution in [-0.4, -0.2) is 54.0 Å². The molecule has 0 aromatic carbocycles. The monoisotopic (exact) mass is 401 g/mol. The number of aromatic nitrogens is 6. The molecule has 150 valence electrons. The number of nitrogens with two attached hydrogens (primary N) is 3. The Bertz CT molecular complexity index is 785. The van der Waals surface area contributed by atoms with Crippen LogP contribution >= 0.6 is 0 Å².